The normalized spacial score (nSPS) is 14.3. The van der Waals surface area contributed by atoms with Crippen LogP contribution in [0.2, 0.25) is 0 Å². The van der Waals surface area contributed by atoms with Crippen molar-refractivity contribution in [2.45, 2.75) is 27.3 Å². The predicted molar refractivity (Wildman–Crippen MR) is 154 cm³/mol. The molecular weight excluding hydrogens is 508 g/mol. The van der Waals surface area contributed by atoms with Gasteiger partial charge in [-0.2, -0.15) is 5.26 Å². The molecule has 5 rings (SSSR count). The van der Waals surface area contributed by atoms with Crippen LogP contribution >= 0.6 is 11.8 Å². The molecule has 1 aliphatic heterocycles. The highest BCUT2D eigenvalue weighted by Gasteiger charge is 2.36. The number of nitriles is 1. The van der Waals surface area contributed by atoms with Crippen LogP contribution in [-0.4, -0.2) is 33.1 Å². The van der Waals surface area contributed by atoms with E-state index in [1.807, 2.05) is 81.4 Å². The molecule has 8 heteroatoms. The van der Waals surface area contributed by atoms with Crippen LogP contribution in [0, 0.1) is 32.1 Å². The summed E-state index contributed by atoms with van der Waals surface area (Å²) in [6.07, 6.45) is 1.73. The fourth-order valence-corrected chi connectivity index (χ4v) is 5.66. The van der Waals surface area contributed by atoms with Crippen molar-refractivity contribution in [3.05, 3.63) is 105 Å². The smallest absolute Gasteiger partial charge is 0.294 e. The van der Waals surface area contributed by atoms with Crippen molar-refractivity contribution in [1.82, 2.24) is 9.47 Å². The summed E-state index contributed by atoms with van der Waals surface area (Å²) in [5.41, 5.74) is 6.82. The van der Waals surface area contributed by atoms with Crippen LogP contribution in [0.15, 0.2) is 71.6 Å². The van der Waals surface area contributed by atoms with Crippen LogP contribution in [-0.2, 0) is 16.1 Å². The molecule has 194 valence electrons. The summed E-state index contributed by atoms with van der Waals surface area (Å²) in [6.45, 7) is 5.95. The van der Waals surface area contributed by atoms with Gasteiger partial charge >= 0.3 is 0 Å². The largest absolute Gasteiger partial charge is 0.340 e. The topological polar surface area (TPSA) is 95.2 Å². The number of hydrogen-bond acceptors (Lipinski definition) is 5. The van der Waals surface area contributed by atoms with Crippen LogP contribution in [0.4, 0.5) is 10.5 Å². The van der Waals surface area contributed by atoms with Gasteiger partial charge in [0.1, 0.15) is 6.54 Å². The zero-order chi connectivity index (χ0) is 27.7. The number of imide groups is 1. The van der Waals surface area contributed by atoms with Crippen molar-refractivity contribution in [3.63, 3.8) is 0 Å². The summed E-state index contributed by atoms with van der Waals surface area (Å²) in [7, 11) is 0. The maximum absolute atomic E-state index is 13.2. The number of rotatable bonds is 6. The Morgan fingerprint density at radius 2 is 1.77 bits per heavy atom. The number of nitrogens with zero attached hydrogens (tertiary/aromatic N) is 3. The van der Waals surface area contributed by atoms with Crippen molar-refractivity contribution >= 4 is 51.5 Å². The Hall–Kier alpha value is -4.61. The molecule has 1 aromatic heterocycles. The summed E-state index contributed by atoms with van der Waals surface area (Å²) >= 11 is 0.833. The summed E-state index contributed by atoms with van der Waals surface area (Å²) in [5.74, 6) is -0.929. The molecule has 0 bridgehead atoms. The minimum absolute atomic E-state index is 0.266. The number of benzene rings is 3. The third-order valence-electron chi connectivity index (χ3n) is 6.85. The second-order valence-corrected chi connectivity index (χ2v) is 10.5. The van der Waals surface area contributed by atoms with Crippen molar-refractivity contribution in [2.75, 3.05) is 11.9 Å². The SMILES string of the molecule is Cc1ccc(NC(=O)CN2C(=O)S/C(=C\c3c(C)n(Cc4ccccc4C#N)c4ccccc34)C2=O)c(C)c1. The Bertz CT molecular complexity index is 1730. The molecule has 0 saturated carbocycles. The lowest BCUT2D eigenvalue weighted by molar-refractivity contribution is -0.127. The van der Waals surface area contributed by atoms with Crippen molar-refractivity contribution in [3.8, 4) is 6.07 Å². The molecule has 1 aliphatic rings. The third-order valence-corrected chi connectivity index (χ3v) is 7.76. The van der Waals surface area contributed by atoms with Crippen LogP contribution in [0.25, 0.3) is 17.0 Å². The molecule has 0 unspecified atom stereocenters. The van der Waals surface area contributed by atoms with Gasteiger partial charge in [-0.15, -0.1) is 0 Å². The average Bonchev–Trinajstić information content (AvgIpc) is 3.33. The molecule has 3 amide bonds. The molecule has 2 heterocycles. The first-order chi connectivity index (χ1) is 18.8. The highest BCUT2D eigenvalue weighted by atomic mass is 32.2. The van der Waals surface area contributed by atoms with E-state index < -0.39 is 17.1 Å². The Morgan fingerprint density at radius 3 is 2.54 bits per heavy atom. The standard InChI is InChI=1S/C31H26N4O3S/c1-19-12-13-26(20(2)14-19)33-29(36)18-35-30(37)28(39-31(35)38)15-25-21(3)34(27-11-7-6-10-24(25)27)17-23-9-5-4-8-22(23)16-32/h4-15H,17-18H2,1-3H3,(H,33,36)/b28-15-. The molecule has 1 saturated heterocycles. The minimum atomic E-state index is -0.494. The molecule has 3 aromatic carbocycles. The van der Waals surface area contributed by atoms with E-state index in [1.165, 1.54) is 0 Å². The molecular formula is C31H26N4O3S. The van der Waals surface area contributed by atoms with Gasteiger partial charge in [0.2, 0.25) is 5.91 Å². The Labute approximate surface area is 230 Å². The molecule has 0 spiro atoms. The highest BCUT2D eigenvalue weighted by Crippen LogP contribution is 2.36. The molecule has 0 aliphatic carbocycles. The van der Waals surface area contributed by atoms with Gasteiger partial charge in [0.25, 0.3) is 11.1 Å². The first-order valence-electron chi connectivity index (χ1n) is 12.4. The molecule has 0 atom stereocenters. The molecule has 39 heavy (non-hydrogen) atoms. The van der Waals surface area contributed by atoms with Gasteiger partial charge < -0.3 is 9.88 Å². The summed E-state index contributed by atoms with van der Waals surface area (Å²) in [4.78, 5) is 40.0. The van der Waals surface area contributed by atoms with Gasteiger partial charge in [-0.25, -0.2) is 0 Å². The van der Waals surface area contributed by atoms with E-state index in [-0.39, 0.29) is 11.4 Å². The zero-order valence-electron chi connectivity index (χ0n) is 21.8. The van der Waals surface area contributed by atoms with E-state index in [0.717, 1.165) is 55.5 Å². The van der Waals surface area contributed by atoms with Gasteiger partial charge in [-0.3, -0.25) is 19.3 Å². The number of carbonyl (C=O) groups excluding carboxylic acids is 3. The average molecular weight is 535 g/mol. The van der Waals surface area contributed by atoms with E-state index in [4.69, 9.17) is 0 Å². The zero-order valence-corrected chi connectivity index (χ0v) is 22.6. The molecule has 1 N–H and O–H groups in total. The van der Waals surface area contributed by atoms with Gasteiger partial charge in [0, 0.05) is 34.4 Å². The monoisotopic (exact) mass is 534 g/mol. The van der Waals surface area contributed by atoms with Gasteiger partial charge in [-0.1, -0.05) is 54.1 Å². The lowest BCUT2D eigenvalue weighted by atomic mass is 10.1. The van der Waals surface area contributed by atoms with Crippen molar-refractivity contribution in [2.24, 2.45) is 0 Å². The number of amides is 3. The van der Waals surface area contributed by atoms with Gasteiger partial charge in [0.05, 0.1) is 16.5 Å². The number of nitrogens with one attached hydrogen (secondary N) is 1. The number of anilines is 1. The fourth-order valence-electron chi connectivity index (χ4n) is 4.84. The molecule has 4 aromatic rings. The lowest BCUT2D eigenvalue weighted by Crippen LogP contribution is -2.36. The quantitative estimate of drug-likeness (QED) is 0.299. The number of fused-ring (bicyclic) bond motifs is 1. The van der Waals surface area contributed by atoms with Crippen LogP contribution < -0.4 is 5.32 Å². The van der Waals surface area contributed by atoms with Crippen LogP contribution in [0.1, 0.15) is 33.5 Å². The Kier molecular flexibility index (Phi) is 7.09. The maximum Gasteiger partial charge on any atom is 0.294 e. The number of para-hydroxylation sites is 1. The first kappa shape index (κ1) is 26.0. The second-order valence-electron chi connectivity index (χ2n) is 9.51. The number of thioether (sulfide) groups is 1. The lowest BCUT2D eigenvalue weighted by Gasteiger charge is -2.14. The van der Waals surface area contributed by atoms with Gasteiger partial charge in [0.15, 0.2) is 0 Å². The maximum atomic E-state index is 13.2. The van der Waals surface area contributed by atoms with Gasteiger partial charge in [-0.05, 0) is 67.9 Å². The second kappa shape index (κ2) is 10.6. The summed E-state index contributed by atoms with van der Waals surface area (Å²) in [5, 5.41) is 12.8. The minimum Gasteiger partial charge on any atom is -0.340 e. The van der Waals surface area contributed by atoms with E-state index in [1.54, 1.807) is 12.1 Å². The highest BCUT2D eigenvalue weighted by molar-refractivity contribution is 8.18. The van der Waals surface area contributed by atoms with Crippen molar-refractivity contribution in [1.29, 1.82) is 5.26 Å². The Morgan fingerprint density at radius 1 is 1.03 bits per heavy atom. The third kappa shape index (κ3) is 5.09. The van der Waals surface area contributed by atoms with Crippen molar-refractivity contribution < 1.29 is 14.4 Å². The van der Waals surface area contributed by atoms with E-state index in [2.05, 4.69) is 16.0 Å². The van der Waals surface area contributed by atoms with E-state index in [9.17, 15) is 19.6 Å². The summed E-state index contributed by atoms with van der Waals surface area (Å²) in [6, 6.07) is 23.2. The molecule has 7 nitrogen and oxygen atoms in total. The number of hydrogen-bond donors (Lipinski definition) is 1. The number of aryl methyl sites for hydroxylation is 2. The number of aromatic nitrogens is 1. The first-order valence-corrected chi connectivity index (χ1v) is 13.3. The predicted octanol–water partition coefficient (Wildman–Crippen LogP) is 6.16. The molecule has 1 fully saturated rings. The molecule has 0 radical (unpaired) electrons. The van der Waals surface area contributed by atoms with E-state index in [0.29, 0.717) is 17.8 Å². The van der Waals surface area contributed by atoms with Crippen LogP contribution in [0.3, 0.4) is 0 Å². The Balaban J connectivity index is 1.43. The van der Waals surface area contributed by atoms with Crippen LogP contribution in [0.5, 0.6) is 0 Å². The summed E-state index contributed by atoms with van der Waals surface area (Å²) < 4.78 is 2.11. The van der Waals surface area contributed by atoms with E-state index >= 15 is 0 Å². The number of carbonyl (C=O) groups is 3. The fraction of sp³-hybridized carbons (Fsp3) is 0.161.